The standard InChI is InChI=1S/C11H11F3N4O/c1-18-9(16-17-10(18)19)6-15-8-4-2-3-7(5-8)11(12,13)14/h2-5,15H,6H2,1H3,(H,17,19). The van der Waals surface area contributed by atoms with Crippen molar-refractivity contribution >= 4 is 5.69 Å². The largest absolute Gasteiger partial charge is 0.416 e. The Bertz CT molecular complexity index is 629. The van der Waals surface area contributed by atoms with Crippen LogP contribution < -0.4 is 11.0 Å². The molecule has 0 saturated carbocycles. The highest BCUT2D eigenvalue weighted by atomic mass is 19.4. The Morgan fingerprint density at radius 3 is 2.74 bits per heavy atom. The smallest absolute Gasteiger partial charge is 0.378 e. The minimum absolute atomic E-state index is 0.149. The van der Waals surface area contributed by atoms with Crippen molar-refractivity contribution in [2.75, 3.05) is 5.32 Å². The molecule has 0 spiro atoms. The van der Waals surface area contributed by atoms with Crippen LogP contribution in [0.4, 0.5) is 18.9 Å². The highest BCUT2D eigenvalue weighted by Crippen LogP contribution is 2.30. The predicted molar refractivity (Wildman–Crippen MR) is 62.6 cm³/mol. The molecule has 19 heavy (non-hydrogen) atoms. The second-order valence-corrected chi connectivity index (χ2v) is 3.94. The molecule has 1 aromatic heterocycles. The summed E-state index contributed by atoms with van der Waals surface area (Å²) in [5.41, 5.74) is -0.792. The molecule has 0 bridgehead atoms. The highest BCUT2D eigenvalue weighted by molar-refractivity contribution is 5.46. The van der Waals surface area contributed by atoms with Crippen LogP contribution in [0.2, 0.25) is 0 Å². The maximum Gasteiger partial charge on any atom is 0.416 e. The average Bonchev–Trinajstić information content (AvgIpc) is 2.67. The summed E-state index contributed by atoms with van der Waals surface area (Å²) < 4.78 is 38.8. The Hall–Kier alpha value is -2.25. The summed E-state index contributed by atoms with van der Waals surface area (Å²) in [6, 6.07) is 4.83. The molecule has 0 aliphatic heterocycles. The van der Waals surface area contributed by atoms with Gasteiger partial charge in [-0.1, -0.05) is 6.07 Å². The van der Waals surface area contributed by atoms with Crippen molar-refractivity contribution in [3.63, 3.8) is 0 Å². The molecule has 0 fully saturated rings. The van der Waals surface area contributed by atoms with E-state index in [1.54, 1.807) is 0 Å². The lowest BCUT2D eigenvalue weighted by atomic mass is 10.2. The number of hydrogen-bond donors (Lipinski definition) is 2. The number of alkyl halides is 3. The number of hydrogen-bond acceptors (Lipinski definition) is 3. The summed E-state index contributed by atoms with van der Waals surface area (Å²) in [6.45, 7) is 0.149. The van der Waals surface area contributed by atoms with E-state index in [0.29, 0.717) is 11.5 Å². The van der Waals surface area contributed by atoms with Crippen molar-refractivity contribution in [1.29, 1.82) is 0 Å². The number of nitrogens with one attached hydrogen (secondary N) is 2. The number of rotatable bonds is 3. The molecule has 2 aromatic rings. The van der Waals surface area contributed by atoms with E-state index in [1.165, 1.54) is 23.7 Å². The van der Waals surface area contributed by atoms with Crippen LogP contribution in [-0.4, -0.2) is 14.8 Å². The van der Waals surface area contributed by atoms with Crippen molar-refractivity contribution in [2.24, 2.45) is 7.05 Å². The zero-order valence-electron chi connectivity index (χ0n) is 9.95. The Labute approximate surface area is 106 Å². The molecular formula is C11H11F3N4O. The number of halogens is 3. The lowest BCUT2D eigenvalue weighted by molar-refractivity contribution is -0.137. The van der Waals surface area contributed by atoms with Gasteiger partial charge < -0.3 is 5.32 Å². The zero-order chi connectivity index (χ0) is 14.0. The Balaban J connectivity index is 2.12. The lowest BCUT2D eigenvalue weighted by Crippen LogP contribution is -2.16. The Morgan fingerprint density at radius 2 is 2.16 bits per heavy atom. The highest BCUT2D eigenvalue weighted by Gasteiger charge is 2.30. The van der Waals surface area contributed by atoms with Crippen molar-refractivity contribution in [3.8, 4) is 0 Å². The molecule has 0 aliphatic rings. The average molecular weight is 272 g/mol. The zero-order valence-corrected chi connectivity index (χ0v) is 9.95. The number of benzene rings is 1. The summed E-state index contributed by atoms with van der Waals surface area (Å²) in [5.74, 6) is 0.405. The third-order valence-electron chi connectivity index (χ3n) is 2.61. The van der Waals surface area contributed by atoms with Crippen molar-refractivity contribution in [2.45, 2.75) is 12.7 Å². The number of aromatic nitrogens is 3. The van der Waals surface area contributed by atoms with Gasteiger partial charge in [0.05, 0.1) is 12.1 Å². The maximum absolute atomic E-state index is 12.5. The van der Waals surface area contributed by atoms with Gasteiger partial charge in [0.25, 0.3) is 0 Å². The molecule has 5 nitrogen and oxygen atoms in total. The quantitative estimate of drug-likeness (QED) is 0.894. The topological polar surface area (TPSA) is 62.7 Å². The van der Waals surface area contributed by atoms with Crippen molar-refractivity contribution in [3.05, 3.63) is 46.1 Å². The van der Waals surface area contributed by atoms with Gasteiger partial charge in [-0.2, -0.15) is 18.3 Å². The van der Waals surface area contributed by atoms with Gasteiger partial charge >= 0.3 is 11.9 Å². The van der Waals surface area contributed by atoms with Gasteiger partial charge in [-0.05, 0) is 18.2 Å². The van der Waals surface area contributed by atoms with Gasteiger partial charge in [-0.25, -0.2) is 9.89 Å². The molecule has 2 rings (SSSR count). The molecule has 102 valence electrons. The minimum Gasteiger partial charge on any atom is -0.378 e. The van der Waals surface area contributed by atoms with Gasteiger partial charge in [0.1, 0.15) is 0 Å². The first-order valence-electron chi connectivity index (χ1n) is 5.39. The molecule has 0 atom stereocenters. The van der Waals surface area contributed by atoms with E-state index < -0.39 is 11.7 Å². The predicted octanol–water partition coefficient (Wildman–Crippen LogP) is 1.74. The fourth-order valence-electron chi connectivity index (χ4n) is 1.52. The molecule has 0 radical (unpaired) electrons. The van der Waals surface area contributed by atoms with Crippen LogP contribution in [0.5, 0.6) is 0 Å². The normalized spacial score (nSPS) is 11.6. The second-order valence-electron chi connectivity index (χ2n) is 3.94. The van der Waals surface area contributed by atoms with Gasteiger partial charge in [-0.15, -0.1) is 0 Å². The Kier molecular flexibility index (Phi) is 3.32. The first-order valence-corrected chi connectivity index (χ1v) is 5.39. The van der Waals surface area contributed by atoms with Crippen LogP contribution in [0.25, 0.3) is 0 Å². The summed E-state index contributed by atoms with van der Waals surface area (Å²) in [4.78, 5) is 11.1. The van der Waals surface area contributed by atoms with E-state index in [9.17, 15) is 18.0 Å². The molecule has 8 heteroatoms. The minimum atomic E-state index is -4.38. The van der Waals surface area contributed by atoms with E-state index in [2.05, 4.69) is 15.5 Å². The van der Waals surface area contributed by atoms with E-state index in [0.717, 1.165) is 12.1 Å². The number of H-pyrrole nitrogens is 1. The molecule has 1 heterocycles. The molecule has 0 aliphatic carbocycles. The molecule has 0 unspecified atom stereocenters. The van der Waals surface area contributed by atoms with E-state index in [1.807, 2.05) is 0 Å². The van der Waals surface area contributed by atoms with Gasteiger partial charge in [0.15, 0.2) is 5.82 Å². The van der Waals surface area contributed by atoms with Gasteiger partial charge in [-0.3, -0.25) is 4.57 Å². The van der Waals surface area contributed by atoms with Gasteiger partial charge in [0.2, 0.25) is 0 Å². The summed E-state index contributed by atoms with van der Waals surface area (Å²) in [7, 11) is 1.52. The SMILES string of the molecule is Cn1c(CNc2cccc(C(F)(F)F)c2)n[nH]c1=O. The molecule has 0 amide bonds. The number of nitrogens with zero attached hydrogens (tertiary/aromatic N) is 2. The third-order valence-corrected chi connectivity index (χ3v) is 2.61. The first kappa shape index (κ1) is 13.2. The van der Waals surface area contributed by atoms with Crippen LogP contribution in [0.3, 0.4) is 0 Å². The van der Waals surface area contributed by atoms with E-state index in [-0.39, 0.29) is 12.2 Å². The molecule has 2 N–H and O–H groups in total. The van der Waals surface area contributed by atoms with Crippen molar-refractivity contribution < 1.29 is 13.2 Å². The number of aromatic amines is 1. The third kappa shape index (κ3) is 2.95. The van der Waals surface area contributed by atoms with Crippen LogP contribution in [0.1, 0.15) is 11.4 Å². The molecule has 0 saturated heterocycles. The summed E-state index contributed by atoms with van der Waals surface area (Å²) in [6.07, 6.45) is -4.38. The van der Waals surface area contributed by atoms with Crippen LogP contribution in [-0.2, 0) is 19.8 Å². The van der Waals surface area contributed by atoms with E-state index in [4.69, 9.17) is 0 Å². The van der Waals surface area contributed by atoms with Gasteiger partial charge in [0, 0.05) is 12.7 Å². The van der Waals surface area contributed by atoms with Crippen LogP contribution in [0.15, 0.2) is 29.1 Å². The fraction of sp³-hybridized carbons (Fsp3) is 0.273. The van der Waals surface area contributed by atoms with E-state index >= 15 is 0 Å². The summed E-state index contributed by atoms with van der Waals surface area (Å²) in [5, 5.41) is 8.77. The van der Waals surface area contributed by atoms with Crippen LogP contribution >= 0.6 is 0 Å². The monoisotopic (exact) mass is 272 g/mol. The Morgan fingerprint density at radius 1 is 1.42 bits per heavy atom. The molecular weight excluding hydrogens is 261 g/mol. The lowest BCUT2D eigenvalue weighted by Gasteiger charge is -2.10. The second kappa shape index (κ2) is 4.79. The van der Waals surface area contributed by atoms with Crippen LogP contribution in [0, 0.1) is 0 Å². The summed E-state index contributed by atoms with van der Waals surface area (Å²) >= 11 is 0. The maximum atomic E-state index is 12.5. The van der Waals surface area contributed by atoms with Crippen molar-refractivity contribution in [1.82, 2.24) is 14.8 Å². The number of anilines is 1. The fourth-order valence-corrected chi connectivity index (χ4v) is 1.52. The first-order chi connectivity index (χ1) is 8.88. The molecule has 1 aromatic carbocycles.